The third-order valence-electron chi connectivity index (χ3n) is 7.54. The number of carbonyl (C=O) groups is 2. The van der Waals surface area contributed by atoms with Gasteiger partial charge in [0.1, 0.15) is 23.6 Å². The quantitative estimate of drug-likeness (QED) is 0.422. The summed E-state index contributed by atoms with van der Waals surface area (Å²) in [6.45, 7) is 12.2. The summed E-state index contributed by atoms with van der Waals surface area (Å²) >= 11 is 0. The minimum Gasteiger partial charge on any atom is -0.494 e. The Kier molecular flexibility index (Phi) is 9.74. The van der Waals surface area contributed by atoms with Gasteiger partial charge < -0.3 is 25.4 Å². The minimum absolute atomic E-state index is 0.00573. The van der Waals surface area contributed by atoms with Gasteiger partial charge in [0.15, 0.2) is 0 Å². The average molecular weight is 539 g/mol. The van der Waals surface area contributed by atoms with Crippen LogP contribution in [0.15, 0.2) is 24.5 Å². The number of nitrogens with one attached hydrogen (secondary N) is 2. The number of hydrogen-bond acceptors (Lipinski definition) is 8. The van der Waals surface area contributed by atoms with Gasteiger partial charge in [0.2, 0.25) is 5.91 Å². The second kappa shape index (κ2) is 13.2. The highest BCUT2D eigenvalue weighted by Crippen LogP contribution is 2.29. The van der Waals surface area contributed by atoms with Crippen LogP contribution in [0, 0.1) is 12.8 Å². The van der Waals surface area contributed by atoms with Crippen molar-refractivity contribution in [2.75, 3.05) is 44.6 Å². The Morgan fingerprint density at radius 3 is 2.67 bits per heavy atom. The van der Waals surface area contributed by atoms with Crippen molar-refractivity contribution in [3.8, 4) is 5.75 Å². The molecule has 1 fully saturated rings. The standard InChI is InChI=1S/C29H42N6O4/c1-5-39-26-7-6-21-16-34(11-10-24(21)20(26)4)17-23(36)15-30-28(37)25-14-27(32-18-31-25)33-22-8-12-35(13-9-22)29(38)19(2)3/h6-7,14,18-19,22-23,36H,5,8-13,15-17H2,1-4H3,(H,30,37)(H,31,32,33)/t23-/m0/s1. The van der Waals surface area contributed by atoms with E-state index in [2.05, 4.69) is 38.5 Å². The highest BCUT2D eigenvalue weighted by Gasteiger charge is 2.25. The molecule has 2 aliphatic rings. The monoisotopic (exact) mass is 538 g/mol. The summed E-state index contributed by atoms with van der Waals surface area (Å²) in [5.74, 6) is 1.37. The smallest absolute Gasteiger partial charge is 0.270 e. The Morgan fingerprint density at radius 1 is 1.18 bits per heavy atom. The third kappa shape index (κ3) is 7.45. The molecule has 2 amide bonds. The first-order valence-corrected chi connectivity index (χ1v) is 14.0. The summed E-state index contributed by atoms with van der Waals surface area (Å²) in [6, 6.07) is 5.95. The molecule has 0 unspecified atom stereocenters. The van der Waals surface area contributed by atoms with Gasteiger partial charge in [0, 0.05) is 57.3 Å². The van der Waals surface area contributed by atoms with E-state index >= 15 is 0 Å². The number of carbonyl (C=O) groups excluding carboxylic acids is 2. The second-order valence-corrected chi connectivity index (χ2v) is 10.8. The Morgan fingerprint density at radius 2 is 1.95 bits per heavy atom. The number of aliphatic hydroxyl groups excluding tert-OH is 1. The maximum atomic E-state index is 12.7. The number of ether oxygens (including phenoxy) is 1. The summed E-state index contributed by atoms with van der Waals surface area (Å²) < 4.78 is 5.73. The Hall–Kier alpha value is -3.24. The van der Waals surface area contributed by atoms with Crippen LogP contribution < -0.4 is 15.4 Å². The van der Waals surface area contributed by atoms with Crippen molar-refractivity contribution in [2.45, 2.75) is 65.6 Å². The van der Waals surface area contributed by atoms with Crippen molar-refractivity contribution >= 4 is 17.6 Å². The number of hydrogen-bond donors (Lipinski definition) is 3. The number of aromatic nitrogens is 2. The molecule has 1 aromatic carbocycles. The zero-order valence-electron chi connectivity index (χ0n) is 23.6. The van der Waals surface area contributed by atoms with Crippen LogP contribution in [0.2, 0.25) is 0 Å². The highest BCUT2D eigenvalue weighted by molar-refractivity contribution is 5.92. The number of rotatable bonds is 10. The molecule has 212 valence electrons. The number of fused-ring (bicyclic) bond motifs is 1. The Labute approximate surface area is 231 Å². The molecule has 1 atom stereocenters. The van der Waals surface area contributed by atoms with Crippen LogP contribution in [0.3, 0.4) is 0 Å². The molecule has 0 bridgehead atoms. The van der Waals surface area contributed by atoms with Gasteiger partial charge in [-0.15, -0.1) is 0 Å². The first kappa shape index (κ1) is 28.8. The van der Waals surface area contributed by atoms with E-state index in [0.29, 0.717) is 32.1 Å². The number of piperidine rings is 1. The molecule has 2 aromatic rings. The Balaban J connectivity index is 1.23. The molecular formula is C29H42N6O4. The number of likely N-dealkylation sites (tertiary alicyclic amines) is 1. The van der Waals surface area contributed by atoms with Gasteiger partial charge in [-0.05, 0) is 55.9 Å². The molecule has 0 aliphatic carbocycles. The maximum Gasteiger partial charge on any atom is 0.270 e. The van der Waals surface area contributed by atoms with Gasteiger partial charge in [-0.1, -0.05) is 19.9 Å². The molecule has 0 spiro atoms. The van der Waals surface area contributed by atoms with E-state index in [-0.39, 0.29) is 36.0 Å². The van der Waals surface area contributed by atoms with E-state index in [1.807, 2.05) is 31.7 Å². The molecule has 3 heterocycles. The predicted molar refractivity (Wildman–Crippen MR) is 150 cm³/mol. The van der Waals surface area contributed by atoms with Gasteiger partial charge in [-0.3, -0.25) is 14.5 Å². The molecule has 1 aromatic heterocycles. The number of β-amino-alcohol motifs (C(OH)–C–C–N with tert-alkyl or cyclic N) is 1. The zero-order valence-corrected chi connectivity index (χ0v) is 23.6. The van der Waals surface area contributed by atoms with Gasteiger partial charge in [0.05, 0.1) is 12.7 Å². The van der Waals surface area contributed by atoms with Crippen molar-refractivity contribution < 1.29 is 19.4 Å². The van der Waals surface area contributed by atoms with Crippen molar-refractivity contribution in [1.82, 2.24) is 25.1 Å². The number of anilines is 1. The number of nitrogens with zero attached hydrogens (tertiary/aromatic N) is 4. The van der Waals surface area contributed by atoms with Gasteiger partial charge in [-0.2, -0.15) is 0 Å². The largest absolute Gasteiger partial charge is 0.494 e. The van der Waals surface area contributed by atoms with E-state index in [4.69, 9.17) is 4.74 Å². The lowest BCUT2D eigenvalue weighted by Gasteiger charge is -2.33. The van der Waals surface area contributed by atoms with Gasteiger partial charge >= 0.3 is 0 Å². The SMILES string of the molecule is CCOc1ccc2c(c1C)CCN(C[C@@H](O)CNC(=O)c1cc(NC3CCN(C(=O)C(C)C)CC3)ncn1)C2. The average Bonchev–Trinajstić information content (AvgIpc) is 2.93. The fourth-order valence-corrected chi connectivity index (χ4v) is 5.39. The zero-order chi connectivity index (χ0) is 27.9. The van der Waals surface area contributed by atoms with E-state index < -0.39 is 6.10 Å². The van der Waals surface area contributed by atoms with Gasteiger partial charge in [-0.25, -0.2) is 9.97 Å². The number of benzene rings is 1. The summed E-state index contributed by atoms with van der Waals surface area (Å²) in [7, 11) is 0. The second-order valence-electron chi connectivity index (χ2n) is 10.8. The molecule has 39 heavy (non-hydrogen) atoms. The fraction of sp³-hybridized carbons (Fsp3) is 0.586. The molecule has 0 radical (unpaired) electrons. The van der Waals surface area contributed by atoms with Crippen LogP contribution in [-0.4, -0.2) is 88.2 Å². The van der Waals surface area contributed by atoms with Crippen LogP contribution in [0.4, 0.5) is 5.82 Å². The number of aliphatic hydroxyl groups is 1. The van der Waals surface area contributed by atoms with E-state index in [0.717, 1.165) is 38.1 Å². The molecule has 0 saturated carbocycles. The van der Waals surface area contributed by atoms with Crippen LogP contribution >= 0.6 is 0 Å². The van der Waals surface area contributed by atoms with Gasteiger partial charge in [0.25, 0.3) is 5.91 Å². The first-order chi connectivity index (χ1) is 18.7. The lowest BCUT2D eigenvalue weighted by molar-refractivity contribution is -0.135. The van der Waals surface area contributed by atoms with E-state index in [1.54, 1.807) is 6.07 Å². The van der Waals surface area contributed by atoms with Crippen molar-refractivity contribution in [3.63, 3.8) is 0 Å². The summed E-state index contributed by atoms with van der Waals surface area (Å²) in [5, 5.41) is 16.8. The lowest BCUT2D eigenvalue weighted by atomic mass is 9.94. The van der Waals surface area contributed by atoms with Crippen LogP contribution in [0.5, 0.6) is 5.75 Å². The molecule has 10 nitrogen and oxygen atoms in total. The molecular weight excluding hydrogens is 496 g/mol. The van der Waals surface area contributed by atoms with E-state index in [9.17, 15) is 14.7 Å². The minimum atomic E-state index is -0.697. The normalized spacial score (nSPS) is 17.0. The molecule has 10 heteroatoms. The van der Waals surface area contributed by atoms with E-state index in [1.165, 1.54) is 23.0 Å². The molecule has 3 N–H and O–H groups in total. The molecule has 1 saturated heterocycles. The van der Waals surface area contributed by atoms with Crippen LogP contribution in [-0.2, 0) is 17.8 Å². The fourth-order valence-electron chi connectivity index (χ4n) is 5.39. The van der Waals surface area contributed by atoms with Crippen molar-refractivity contribution in [3.05, 3.63) is 46.9 Å². The first-order valence-electron chi connectivity index (χ1n) is 14.0. The third-order valence-corrected chi connectivity index (χ3v) is 7.54. The Bertz CT molecular complexity index is 1150. The summed E-state index contributed by atoms with van der Waals surface area (Å²) in [6.07, 6.45) is 3.23. The lowest BCUT2D eigenvalue weighted by Crippen LogP contribution is -2.44. The summed E-state index contributed by atoms with van der Waals surface area (Å²) in [5.41, 5.74) is 4.05. The predicted octanol–water partition coefficient (Wildman–Crippen LogP) is 2.39. The van der Waals surface area contributed by atoms with Crippen LogP contribution in [0.1, 0.15) is 60.8 Å². The van der Waals surface area contributed by atoms with Crippen molar-refractivity contribution in [2.24, 2.45) is 5.92 Å². The highest BCUT2D eigenvalue weighted by atomic mass is 16.5. The molecule has 4 rings (SSSR count). The maximum absolute atomic E-state index is 12.7. The van der Waals surface area contributed by atoms with Crippen molar-refractivity contribution in [1.29, 1.82) is 0 Å². The summed E-state index contributed by atoms with van der Waals surface area (Å²) in [4.78, 5) is 37.5. The van der Waals surface area contributed by atoms with Crippen LogP contribution in [0.25, 0.3) is 0 Å². The number of amides is 2. The topological polar surface area (TPSA) is 120 Å². The molecule has 2 aliphatic heterocycles.